The third kappa shape index (κ3) is 5.15. The van der Waals surface area contributed by atoms with Gasteiger partial charge in [-0.1, -0.05) is 47.9 Å². The standard InChI is InChI=1S/C26H25ClN4O3S2/c27-22-8-5-9-23-24(22)29-26(35-23)31(18-19-7-6-14-28-17-19)25(32)20-10-12-21(13-11-20)36(33,34)30-15-3-1-2-4-16-30/h5-14,17H,1-4,15-16,18H2. The second kappa shape index (κ2) is 10.6. The van der Waals surface area contributed by atoms with E-state index in [1.807, 2.05) is 24.3 Å². The lowest BCUT2D eigenvalue weighted by Gasteiger charge is -2.21. The van der Waals surface area contributed by atoms with Crippen LogP contribution in [-0.2, 0) is 16.6 Å². The number of para-hydroxylation sites is 1. The first-order chi connectivity index (χ1) is 17.4. The minimum atomic E-state index is -3.60. The largest absolute Gasteiger partial charge is 0.279 e. The molecular formula is C26H25ClN4O3S2. The summed E-state index contributed by atoms with van der Waals surface area (Å²) >= 11 is 7.71. The molecule has 1 fully saturated rings. The fourth-order valence-electron chi connectivity index (χ4n) is 4.28. The number of amides is 1. The molecule has 0 N–H and O–H groups in total. The molecule has 2 aromatic carbocycles. The molecule has 1 aliphatic rings. The molecule has 10 heteroatoms. The number of halogens is 1. The predicted octanol–water partition coefficient (Wildman–Crippen LogP) is 5.76. The van der Waals surface area contributed by atoms with Crippen molar-refractivity contribution < 1.29 is 13.2 Å². The zero-order valence-corrected chi connectivity index (χ0v) is 21.9. The maximum atomic E-state index is 13.7. The Morgan fingerprint density at radius 2 is 1.75 bits per heavy atom. The lowest BCUT2D eigenvalue weighted by molar-refractivity contribution is 0.0985. The molecule has 1 amide bonds. The van der Waals surface area contributed by atoms with E-state index in [9.17, 15) is 13.2 Å². The van der Waals surface area contributed by atoms with Gasteiger partial charge >= 0.3 is 0 Å². The van der Waals surface area contributed by atoms with Crippen LogP contribution in [0.15, 0.2) is 71.9 Å². The van der Waals surface area contributed by atoms with Gasteiger partial charge in [0.05, 0.1) is 21.2 Å². The van der Waals surface area contributed by atoms with Crippen LogP contribution in [-0.4, -0.2) is 41.7 Å². The molecule has 4 aromatic rings. The highest BCUT2D eigenvalue weighted by atomic mass is 35.5. The average molecular weight is 541 g/mol. The maximum Gasteiger partial charge on any atom is 0.260 e. The van der Waals surface area contributed by atoms with Crippen LogP contribution in [0.2, 0.25) is 5.02 Å². The number of fused-ring (bicyclic) bond motifs is 1. The number of rotatable bonds is 6. The fraction of sp³-hybridized carbons (Fsp3) is 0.269. The zero-order chi connectivity index (χ0) is 25.1. The van der Waals surface area contributed by atoms with E-state index >= 15 is 0 Å². The van der Waals surface area contributed by atoms with Gasteiger partial charge < -0.3 is 0 Å². The zero-order valence-electron chi connectivity index (χ0n) is 19.5. The Hall–Kier alpha value is -2.85. The third-order valence-electron chi connectivity index (χ3n) is 6.20. The maximum absolute atomic E-state index is 13.7. The minimum Gasteiger partial charge on any atom is -0.279 e. The summed E-state index contributed by atoms with van der Waals surface area (Å²) in [4.78, 5) is 24.3. The van der Waals surface area contributed by atoms with Crippen LogP contribution in [0.4, 0.5) is 5.13 Å². The molecule has 0 saturated carbocycles. The molecule has 1 saturated heterocycles. The molecule has 0 atom stereocenters. The van der Waals surface area contributed by atoms with Crippen molar-refractivity contribution in [2.24, 2.45) is 0 Å². The summed E-state index contributed by atoms with van der Waals surface area (Å²) in [6.45, 7) is 1.32. The van der Waals surface area contributed by atoms with Crippen LogP contribution in [0.3, 0.4) is 0 Å². The number of carbonyl (C=O) groups excluding carboxylic acids is 1. The van der Waals surface area contributed by atoms with Gasteiger partial charge in [-0.05, 0) is 60.9 Å². The predicted molar refractivity (Wildman–Crippen MR) is 143 cm³/mol. The Bertz CT molecular complexity index is 1470. The summed E-state index contributed by atoms with van der Waals surface area (Å²) in [6.07, 6.45) is 7.21. The van der Waals surface area contributed by atoms with E-state index in [0.29, 0.717) is 34.3 Å². The summed E-state index contributed by atoms with van der Waals surface area (Å²) in [6, 6.07) is 15.4. The average Bonchev–Trinajstić information content (AvgIpc) is 3.14. The highest BCUT2D eigenvalue weighted by Crippen LogP contribution is 2.34. The monoisotopic (exact) mass is 540 g/mol. The van der Waals surface area contributed by atoms with Crippen LogP contribution >= 0.6 is 22.9 Å². The minimum absolute atomic E-state index is 0.200. The van der Waals surface area contributed by atoms with Crippen LogP contribution in [0.5, 0.6) is 0 Å². The first-order valence-corrected chi connectivity index (χ1v) is 14.4. The number of nitrogens with zero attached hydrogens (tertiary/aromatic N) is 4. The van der Waals surface area contributed by atoms with Crippen LogP contribution in [0.25, 0.3) is 10.2 Å². The number of benzene rings is 2. The van der Waals surface area contributed by atoms with Crippen LogP contribution in [0, 0.1) is 0 Å². The van der Waals surface area contributed by atoms with Crippen molar-refractivity contribution in [1.29, 1.82) is 0 Å². The summed E-state index contributed by atoms with van der Waals surface area (Å²) in [5, 5.41) is 1.03. The van der Waals surface area contributed by atoms with E-state index in [-0.39, 0.29) is 17.3 Å². The second-order valence-electron chi connectivity index (χ2n) is 8.68. The quantitative estimate of drug-likeness (QED) is 0.310. The van der Waals surface area contributed by atoms with Gasteiger partial charge in [0.2, 0.25) is 10.0 Å². The van der Waals surface area contributed by atoms with Gasteiger partial charge in [-0.2, -0.15) is 4.31 Å². The van der Waals surface area contributed by atoms with E-state index in [4.69, 9.17) is 11.6 Å². The number of pyridine rings is 1. The van der Waals surface area contributed by atoms with Crippen molar-refractivity contribution in [1.82, 2.24) is 14.3 Å². The molecule has 0 aliphatic carbocycles. The smallest absolute Gasteiger partial charge is 0.260 e. The van der Waals surface area contributed by atoms with E-state index in [0.717, 1.165) is 35.9 Å². The van der Waals surface area contributed by atoms with Gasteiger partial charge in [-0.3, -0.25) is 14.7 Å². The third-order valence-corrected chi connectivity index (χ3v) is 9.46. The highest BCUT2D eigenvalue weighted by molar-refractivity contribution is 7.89. The fourth-order valence-corrected chi connectivity index (χ4v) is 7.06. The summed E-state index contributed by atoms with van der Waals surface area (Å²) in [5.74, 6) is -0.284. The first-order valence-electron chi connectivity index (χ1n) is 11.8. The number of sulfonamides is 1. The van der Waals surface area contributed by atoms with E-state index in [1.54, 1.807) is 39.8 Å². The molecule has 0 bridgehead atoms. The number of hydrogen-bond acceptors (Lipinski definition) is 6. The topological polar surface area (TPSA) is 83.5 Å². The SMILES string of the molecule is O=C(c1ccc(S(=O)(=O)N2CCCCCC2)cc1)N(Cc1cccnc1)c1nc2c(Cl)cccc2s1. The van der Waals surface area contributed by atoms with E-state index < -0.39 is 10.0 Å². The molecule has 36 heavy (non-hydrogen) atoms. The van der Waals surface area contributed by atoms with Crippen molar-refractivity contribution in [2.45, 2.75) is 37.1 Å². The molecular weight excluding hydrogens is 516 g/mol. The summed E-state index contributed by atoms with van der Waals surface area (Å²) in [5.41, 5.74) is 1.86. The van der Waals surface area contributed by atoms with Gasteiger partial charge in [0.1, 0.15) is 5.52 Å². The van der Waals surface area contributed by atoms with Crippen molar-refractivity contribution in [2.75, 3.05) is 18.0 Å². The van der Waals surface area contributed by atoms with Crippen molar-refractivity contribution >= 4 is 54.2 Å². The number of anilines is 1. The normalized spacial score (nSPS) is 15.0. The van der Waals surface area contributed by atoms with Crippen molar-refractivity contribution in [3.05, 3.63) is 83.1 Å². The van der Waals surface area contributed by atoms with Crippen LogP contribution in [0.1, 0.15) is 41.6 Å². The van der Waals surface area contributed by atoms with Crippen molar-refractivity contribution in [3.8, 4) is 0 Å². The Balaban J connectivity index is 1.46. The van der Waals surface area contributed by atoms with Gasteiger partial charge in [0, 0.05) is 31.0 Å². The lowest BCUT2D eigenvalue weighted by atomic mass is 10.2. The Morgan fingerprint density at radius 1 is 1.00 bits per heavy atom. The number of carbonyl (C=O) groups is 1. The summed E-state index contributed by atoms with van der Waals surface area (Å²) < 4.78 is 28.7. The molecule has 0 spiro atoms. The van der Waals surface area contributed by atoms with E-state index in [1.165, 1.54) is 23.5 Å². The molecule has 0 radical (unpaired) electrons. The Morgan fingerprint density at radius 3 is 2.42 bits per heavy atom. The van der Waals surface area contributed by atoms with Gasteiger partial charge in [0.25, 0.3) is 5.91 Å². The Kier molecular flexibility index (Phi) is 7.34. The highest BCUT2D eigenvalue weighted by Gasteiger charge is 2.27. The molecule has 0 unspecified atom stereocenters. The number of thiazole rings is 1. The molecule has 186 valence electrons. The van der Waals surface area contributed by atoms with Crippen molar-refractivity contribution in [3.63, 3.8) is 0 Å². The molecule has 7 nitrogen and oxygen atoms in total. The molecule has 3 heterocycles. The van der Waals surface area contributed by atoms with Gasteiger partial charge in [-0.15, -0.1) is 0 Å². The van der Waals surface area contributed by atoms with Gasteiger partial charge in [-0.25, -0.2) is 13.4 Å². The van der Waals surface area contributed by atoms with Crippen LogP contribution < -0.4 is 4.90 Å². The molecule has 1 aliphatic heterocycles. The second-order valence-corrected chi connectivity index (χ2v) is 12.0. The molecule has 5 rings (SSSR count). The van der Waals surface area contributed by atoms with E-state index in [2.05, 4.69) is 9.97 Å². The number of hydrogen-bond donors (Lipinski definition) is 0. The summed E-state index contributed by atoms with van der Waals surface area (Å²) in [7, 11) is -3.60. The molecule has 2 aromatic heterocycles. The first kappa shape index (κ1) is 24.8. The lowest BCUT2D eigenvalue weighted by Crippen LogP contribution is -2.32. The Labute approximate surface area is 219 Å². The number of aromatic nitrogens is 2. The van der Waals surface area contributed by atoms with Gasteiger partial charge in [0.15, 0.2) is 5.13 Å².